The summed E-state index contributed by atoms with van der Waals surface area (Å²) in [6.07, 6.45) is 7.14. The highest BCUT2D eigenvalue weighted by atomic mass is 32.3. The van der Waals surface area contributed by atoms with Crippen LogP contribution in [0.3, 0.4) is 0 Å². The lowest BCUT2D eigenvalue weighted by molar-refractivity contribution is -0.155. The van der Waals surface area contributed by atoms with Gasteiger partial charge in [0, 0.05) is 12.3 Å². The summed E-state index contributed by atoms with van der Waals surface area (Å²) in [7, 11) is -0.924. The first-order valence-electron chi connectivity index (χ1n) is 8.28. The third-order valence-corrected chi connectivity index (χ3v) is 7.47. The fourth-order valence-electron chi connectivity index (χ4n) is 1.43. The Hall–Kier alpha value is -0.950. The van der Waals surface area contributed by atoms with Crippen molar-refractivity contribution in [3.8, 4) is 6.07 Å². The first-order valence-corrected chi connectivity index (χ1v) is 10.8. The summed E-state index contributed by atoms with van der Waals surface area (Å²) in [6.45, 7) is 16.2. The minimum atomic E-state index is -0.924. The van der Waals surface area contributed by atoms with Crippen LogP contribution in [-0.4, -0.2) is 28.8 Å². The van der Waals surface area contributed by atoms with Crippen LogP contribution in [0.2, 0.25) is 0 Å². The normalized spacial score (nSPS) is 14.5. The molecule has 1 unspecified atom stereocenters. The number of nitriles is 1. The molecule has 23 heavy (non-hydrogen) atoms. The maximum atomic E-state index is 11.9. The molecule has 0 fully saturated rings. The van der Waals surface area contributed by atoms with Crippen molar-refractivity contribution in [3.05, 3.63) is 11.5 Å². The third-order valence-electron chi connectivity index (χ3n) is 3.47. The number of carbonyl (C=O) groups excluding carboxylic acids is 1. The SMILES string of the molecule is CC.CC(C)(C)OC(=O)CC(C=CS(C)(C)C(C)(C)C)CC#N. The minimum Gasteiger partial charge on any atom is -0.460 e. The highest BCUT2D eigenvalue weighted by Crippen LogP contribution is 2.54. The Morgan fingerprint density at radius 3 is 2.00 bits per heavy atom. The van der Waals surface area contributed by atoms with Crippen LogP contribution in [0.15, 0.2) is 11.5 Å². The van der Waals surface area contributed by atoms with E-state index in [-0.39, 0.29) is 23.1 Å². The quantitative estimate of drug-likeness (QED) is 0.606. The molecule has 0 saturated carbocycles. The third kappa shape index (κ3) is 11.3. The van der Waals surface area contributed by atoms with E-state index in [0.29, 0.717) is 6.42 Å². The number of esters is 1. The Bertz CT molecular complexity index is 420. The van der Waals surface area contributed by atoms with Gasteiger partial charge in [0.25, 0.3) is 0 Å². The maximum Gasteiger partial charge on any atom is 0.306 e. The predicted octanol–water partition coefficient (Wildman–Crippen LogP) is 5.65. The molecule has 0 heterocycles. The van der Waals surface area contributed by atoms with E-state index in [4.69, 9.17) is 10.00 Å². The van der Waals surface area contributed by atoms with Gasteiger partial charge in [0.15, 0.2) is 0 Å². The lowest BCUT2D eigenvalue weighted by atomic mass is 10.0. The van der Waals surface area contributed by atoms with E-state index in [1.54, 1.807) is 0 Å². The van der Waals surface area contributed by atoms with Crippen molar-refractivity contribution in [1.82, 2.24) is 0 Å². The van der Waals surface area contributed by atoms with Crippen molar-refractivity contribution >= 4 is 16.0 Å². The van der Waals surface area contributed by atoms with Gasteiger partial charge in [-0.2, -0.15) is 5.26 Å². The second-order valence-electron chi connectivity index (χ2n) is 7.76. The minimum absolute atomic E-state index is 0.0704. The van der Waals surface area contributed by atoms with Crippen molar-refractivity contribution in [2.24, 2.45) is 5.92 Å². The van der Waals surface area contributed by atoms with Crippen molar-refractivity contribution < 1.29 is 9.53 Å². The predicted molar refractivity (Wildman–Crippen MR) is 104 cm³/mol. The molecule has 0 aliphatic carbocycles. The van der Waals surface area contributed by atoms with Gasteiger partial charge in [-0.05, 0) is 38.0 Å². The molecule has 3 nitrogen and oxygen atoms in total. The van der Waals surface area contributed by atoms with Crippen LogP contribution in [-0.2, 0) is 9.53 Å². The zero-order chi connectivity index (χ0) is 18.9. The smallest absolute Gasteiger partial charge is 0.306 e. The molecule has 0 aliphatic rings. The first-order chi connectivity index (χ1) is 10.3. The van der Waals surface area contributed by atoms with Crippen molar-refractivity contribution in [2.45, 2.75) is 78.6 Å². The molecule has 0 aromatic carbocycles. The molecule has 0 amide bonds. The molecule has 136 valence electrons. The lowest BCUT2D eigenvalue weighted by Crippen LogP contribution is -2.25. The standard InChI is InChI=1S/C17H31NO2S.C2H6/c1-16(2,3)20-15(19)13-14(9-11-18)10-12-21(7,8)17(4,5)6;1-2/h10,12,14H,9,13H2,1-8H3;1-2H3. The Morgan fingerprint density at radius 1 is 1.17 bits per heavy atom. The average molecular weight is 344 g/mol. The molecule has 0 saturated heterocycles. The molecule has 0 aliphatic heterocycles. The summed E-state index contributed by atoms with van der Waals surface area (Å²) >= 11 is 0. The van der Waals surface area contributed by atoms with Crippen LogP contribution in [0.5, 0.6) is 0 Å². The van der Waals surface area contributed by atoms with E-state index in [1.807, 2.05) is 40.7 Å². The van der Waals surface area contributed by atoms with Crippen LogP contribution in [0.1, 0.15) is 68.2 Å². The van der Waals surface area contributed by atoms with Gasteiger partial charge in [-0.25, -0.2) is 10.0 Å². The second kappa shape index (κ2) is 10.0. The largest absolute Gasteiger partial charge is 0.460 e. The highest BCUT2D eigenvalue weighted by Gasteiger charge is 2.26. The number of allylic oxidation sites excluding steroid dienone is 1. The zero-order valence-corrected chi connectivity index (χ0v) is 17.6. The Labute approximate surface area is 145 Å². The van der Waals surface area contributed by atoms with Crippen molar-refractivity contribution in [3.63, 3.8) is 0 Å². The van der Waals surface area contributed by atoms with Crippen LogP contribution in [0, 0.1) is 17.2 Å². The van der Waals surface area contributed by atoms with Gasteiger partial charge in [-0.15, -0.1) is 0 Å². The van der Waals surface area contributed by atoms with E-state index in [9.17, 15) is 4.79 Å². The fourth-order valence-corrected chi connectivity index (χ4v) is 2.46. The highest BCUT2D eigenvalue weighted by molar-refractivity contribution is 8.36. The number of carbonyl (C=O) groups is 1. The summed E-state index contributed by atoms with van der Waals surface area (Å²) < 4.78 is 5.54. The molecular weight excluding hydrogens is 306 g/mol. The number of rotatable bonds is 5. The molecule has 1 atom stereocenters. The first kappa shape index (κ1) is 24.3. The Kier molecular flexibility index (Phi) is 10.6. The Morgan fingerprint density at radius 2 is 1.65 bits per heavy atom. The summed E-state index contributed by atoms with van der Waals surface area (Å²) in [6, 6.07) is 2.16. The summed E-state index contributed by atoms with van der Waals surface area (Å²) in [5.41, 5.74) is -0.478. The van der Waals surface area contributed by atoms with E-state index in [1.165, 1.54) is 0 Å². The summed E-state index contributed by atoms with van der Waals surface area (Å²) in [5, 5.41) is 11.1. The summed E-state index contributed by atoms with van der Waals surface area (Å²) in [4.78, 5) is 11.9. The van der Waals surface area contributed by atoms with Gasteiger partial charge in [-0.3, -0.25) is 4.79 Å². The van der Waals surface area contributed by atoms with E-state index in [0.717, 1.165) is 0 Å². The molecule has 4 heteroatoms. The molecule has 0 radical (unpaired) electrons. The van der Waals surface area contributed by atoms with Gasteiger partial charge >= 0.3 is 5.97 Å². The van der Waals surface area contributed by atoms with Gasteiger partial charge in [0.05, 0.1) is 12.5 Å². The molecule has 0 spiro atoms. The number of ether oxygens (including phenoxy) is 1. The lowest BCUT2D eigenvalue weighted by Gasteiger charge is -2.42. The van der Waals surface area contributed by atoms with E-state index in [2.05, 4.69) is 44.8 Å². The van der Waals surface area contributed by atoms with Gasteiger partial charge < -0.3 is 4.74 Å². The molecule has 0 aromatic rings. The molecule has 0 aromatic heterocycles. The number of nitrogens with zero attached hydrogens (tertiary/aromatic N) is 1. The van der Waals surface area contributed by atoms with E-state index >= 15 is 0 Å². The number of hydrogen-bond donors (Lipinski definition) is 0. The van der Waals surface area contributed by atoms with Crippen LogP contribution in [0.4, 0.5) is 0 Å². The van der Waals surface area contributed by atoms with Gasteiger partial charge in [0.2, 0.25) is 0 Å². The average Bonchev–Trinajstić information content (AvgIpc) is 2.35. The van der Waals surface area contributed by atoms with Crippen LogP contribution < -0.4 is 0 Å². The molecule has 0 bridgehead atoms. The zero-order valence-electron chi connectivity index (χ0n) is 16.8. The van der Waals surface area contributed by atoms with Gasteiger partial charge in [-0.1, -0.05) is 46.1 Å². The molecule has 0 N–H and O–H groups in total. The maximum absolute atomic E-state index is 11.9. The number of hydrogen-bond acceptors (Lipinski definition) is 3. The monoisotopic (exact) mass is 343 g/mol. The molecular formula is C19H37NO2S. The topological polar surface area (TPSA) is 50.1 Å². The summed E-state index contributed by atoms with van der Waals surface area (Å²) in [5.74, 6) is -0.310. The van der Waals surface area contributed by atoms with Crippen LogP contribution >= 0.6 is 10.0 Å². The van der Waals surface area contributed by atoms with Crippen LogP contribution in [0.25, 0.3) is 0 Å². The van der Waals surface area contributed by atoms with Crippen molar-refractivity contribution in [1.29, 1.82) is 5.26 Å². The fraction of sp³-hybridized carbons (Fsp3) is 0.789. The van der Waals surface area contributed by atoms with E-state index < -0.39 is 15.6 Å². The van der Waals surface area contributed by atoms with Gasteiger partial charge in [0.1, 0.15) is 5.60 Å². The van der Waals surface area contributed by atoms with Crippen molar-refractivity contribution in [2.75, 3.05) is 12.5 Å². The Balaban J connectivity index is 0. The molecule has 0 rings (SSSR count). The second-order valence-corrected chi connectivity index (χ2v) is 12.1.